The summed E-state index contributed by atoms with van der Waals surface area (Å²) in [5, 5.41) is 24.0. The molecule has 0 atom stereocenters. The predicted octanol–water partition coefficient (Wildman–Crippen LogP) is -0.203. The maximum absolute atomic E-state index is 10.1. The predicted molar refractivity (Wildman–Crippen MR) is 33.9 cm³/mol. The number of hydroxylamine groups is 1. The van der Waals surface area contributed by atoms with E-state index >= 15 is 0 Å². The summed E-state index contributed by atoms with van der Waals surface area (Å²) in [6, 6.07) is 1.24. The van der Waals surface area contributed by atoms with Crippen LogP contribution in [0.3, 0.4) is 0 Å². The van der Waals surface area contributed by atoms with Gasteiger partial charge in [0.2, 0.25) is 0 Å². The Balaban J connectivity index is 2.73. The van der Waals surface area contributed by atoms with Gasteiger partial charge in [0, 0.05) is 0 Å². The van der Waals surface area contributed by atoms with Gasteiger partial charge in [-0.1, -0.05) is 5.10 Å². The Kier molecular flexibility index (Phi) is 2.14. The zero-order valence-electron chi connectivity index (χ0n) is 5.44. The lowest BCUT2D eigenvalue weighted by Crippen LogP contribution is -2.05. The average molecular weight is 158 g/mol. The topological polar surface area (TPSA) is 104 Å². The fourth-order valence-electron chi connectivity index (χ4n) is 0.617. The van der Waals surface area contributed by atoms with Crippen LogP contribution in [0, 0.1) is 10.1 Å². The zero-order chi connectivity index (χ0) is 8.27. The number of hydrogen-bond donors (Lipinski definition) is 3. The van der Waals surface area contributed by atoms with E-state index in [4.69, 9.17) is 5.21 Å². The summed E-state index contributed by atoms with van der Waals surface area (Å²) in [7, 11) is 0. The molecule has 60 valence electrons. The number of aromatic nitrogens is 2. The Morgan fingerprint density at radius 1 is 1.91 bits per heavy atom. The molecule has 0 radical (unpaired) electrons. The van der Waals surface area contributed by atoms with E-state index in [1.54, 1.807) is 0 Å². The van der Waals surface area contributed by atoms with Crippen molar-refractivity contribution in [3.8, 4) is 0 Å². The summed E-state index contributed by atoms with van der Waals surface area (Å²) < 4.78 is 0. The first-order chi connectivity index (χ1) is 5.24. The monoisotopic (exact) mass is 158 g/mol. The highest BCUT2D eigenvalue weighted by atomic mass is 16.6. The highest BCUT2D eigenvalue weighted by molar-refractivity contribution is 5.20. The molecule has 1 aromatic rings. The lowest BCUT2D eigenvalue weighted by molar-refractivity contribution is -0.389. The average Bonchev–Trinajstić information content (AvgIpc) is 2.37. The molecule has 1 aromatic heterocycles. The van der Waals surface area contributed by atoms with Crippen LogP contribution < -0.4 is 5.48 Å². The SMILES string of the molecule is O=[N+]([O-])c1cc(CNO)n[nH]1. The molecule has 0 amide bonds. The van der Waals surface area contributed by atoms with Crippen LogP contribution in [0.4, 0.5) is 5.82 Å². The molecule has 11 heavy (non-hydrogen) atoms. The van der Waals surface area contributed by atoms with Crippen molar-refractivity contribution in [3.05, 3.63) is 21.9 Å². The van der Waals surface area contributed by atoms with Crippen molar-refractivity contribution in [1.29, 1.82) is 0 Å². The third-order valence-electron chi connectivity index (χ3n) is 1.07. The van der Waals surface area contributed by atoms with Crippen LogP contribution in [0.5, 0.6) is 0 Å². The molecule has 0 aliphatic carbocycles. The van der Waals surface area contributed by atoms with Gasteiger partial charge in [-0.3, -0.25) is 0 Å². The fraction of sp³-hybridized carbons (Fsp3) is 0.250. The van der Waals surface area contributed by atoms with E-state index < -0.39 is 4.92 Å². The summed E-state index contributed by atoms with van der Waals surface area (Å²) in [4.78, 5) is 9.48. The minimum atomic E-state index is -0.589. The smallest absolute Gasteiger partial charge is 0.342 e. The molecule has 0 aliphatic heterocycles. The fourth-order valence-corrected chi connectivity index (χ4v) is 0.617. The number of nitrogens with one attached hydrogen (secondary N) is 2. The molecule has 0 unspecified atom stereocenters. The zero-order valence-corrected chi connectivity index (χ0v) is 5.44. The molecule has 0 bridgehead atoms. The molecule has 0 fully saturated rings. The molecule has 3 N–H and O–H groups in total. The van der Waals surface area contributed by atoms with E-state index in [1.165, 1.54) is 6.07 Å². The molecule has 0 spiro atoms. The van der Waals surface area contributed by atoms with Crippen molar-refractivity contribution in [1.82, 2.24) is 15.7 Å². The molecule has 1 rings (SSSR count). The van der Waals surface area contributed by atoms with Crippen LogP contribution in [0.2, 0.25) is 0 Å². The minimum Gasteiger partial charge on any atom is -0.358 e. The summed E-state index contributed by atoms with van der Waals surface area (Å²) in [6.45, 7) is 0.0876. The van der Waals surface area contributed by atoms with Gasteiger partial charge in [-0.25, -0.2) is 0 Å². The Hall–Kier alpha value is -1.47. The summed E-state index contributed by atoms with van der Waals surface area (Å²) in [5.74, 6) is -0.185. The van der Waals surface area contributed by atoms with Crippen LogP contribution >= 0.6 is 0 Å². The third-order valence-corrected chi connectivity index (χ3v) is 1.07. The standard InChI is InChI=1S/C4H6N4O3/c9-5-2-3-1-4(7-6-3)8(10)11/h1,5,9H,2H2,(H,6,7). The van der Waals surface area contributed by atoms with Gasteiger partial charge in [0.15, 0.2) is 0 Å². The van der Waals surface area contributed by atoms with Crippen molar-refractivity contribution in [2.45, 2.75) is 6.54 Å². The highest BCUT2D eigenvalue weighted by Crippen LogP contribution is 2.06. The highest BCUT2D eigenvalue weighted by Gasteiger charge is 2.07. The molecule has 0 aromatic carbocycles. The number of nitrogens with zero attached hydrogens (tertiary/aromatic N) is 2. The molecule has 0 saturated carbocycles. The number of H-pyrrole nitrogens is 1. The first kappa shape index (κ1) is 7.63. The van der Waals surface area contributed by atoms with Gasteiger partial charge in [0.25, 0.3) is 0 Å². The summed E-state index contributed by atoms with van der Waals surface area (Å²) >= 11 is 0. The minimum absolute atomic E-state index is 0.0876. The van der Waals surface area contributed by atoms with Crippen LogP contribution in [-0.4, -0.2) is 20.3 Å². The second kappa shape index (κ2) is 3.08. The lowest BCUT2D eigenvalue weighted by Gasteiger charge is -1.86. The van der Waals surface area contributed by atoms with E-state index in [1.807, 2.05) is 5.48 Å². The molecule has 7 nitrogen and oxygen atoms in total. The quantitative estimate of drug-likeness (QED) is 0.417. The second-order valence-corrected chi connectivity index (χ2v) is 1.84. The van der Waals surface area contributed by atoms with Gasteiger partial charge in [0.05, 0.1) is 12.6 Å². The van der Waals surface area contributed by atoms with Crippen LogP contribution in [0.1, 0.15) is 5.69 Å². The van der Waals surface area contributed by atoms with Gasteiger partial charge in [-0.05, 0) is 4.92 Å². The largest absolute Gasteiger partial charge is 0.358 e. The van der Waals surface area contributed by atoms with Crippen molar-refractivity contribution < 1.29 is 10.1 Å². The molecule has 7 heteroatoms. The van der Waals surface area contributed by atoms with E-state index in [9.17, 15) is 10.1 Å². The van der Waals surface area contributed by atoms with Crippen LogP contribution in [0.15, 0.2) is 6.07 Å². The lowest BCUT2D eigenvalue weighted by atomic mass is 10.4. The molecule has 0 aliphatic rings. The van der Waals surface area contributed by atoms with Crippen molar-refractivity contribution in [3.63, 3.8) is 0 Å². The number of nitro groups is 1. The molecular formula is C4H6N4O3. The first-order valence-electron chi connectivity index (χ1n) is 2.79. The van der Waals surface area contributed by atoms with Crippen LogP contribution in [0.25, 0.3) is 0 Å². The Labute approximate surface area is 61.1 Å². The Morgan fingerprint density at radius 3 is 3.09 bits per heavy atom. The Morgan fingerprint density at radius 2 is 2.64 bits per heavy atom. The normalized spacial score (nSPS) is 9.91. The van der Waals surface area contributed by atoms with E-state index in [-0.39, 0.29) is 12.4 Å². The van der Waals surface area contributed by atoms with Crippen LogP contribution in [-0.2, 0) is 6.54 Å². The second-order valence-electron chi connectivity index (χ2n) is 1.84. The third kappa shape index (κ3) is 1.72. The van der Waals surface area contributed by atoms with Crippen molar-refractivity contribution in [2.75, 3.05) is 0 Å². The van der Waals surface area contributed by atoms with E-state index in [2.05, 4.69) is 10.2 Å². The maximum atomic E-state index is 10.1. The number of hydrogen-bond acceptors (Lipinski definition) is 5. The first-order valence-corrected chi connectivity index (χ1v) is 2.79. The summed E-state index contributed by atoms with van der Waals surface area (Å²) in [5.41, 5.74) is 2.22. The molecule has 1 heterocycles. The van der Waals surface area contributed by atoms with Gasteiger partial charge in [0.1, 0.15) is 5.69 Å². The molecule has 0 saturated heterocycles. The van der Waals surface area contributed by atoms with E-state index in [0.717, 1.165) is 0 Å². The number of aromatic amines is 1. The van der Waals surface area contributed by atoms with Gasteiger partial charge in [-0.2, -0.15) is 5.48 Å². The van der Waals surface area contributed by atoms with Gasteiger partial charge in [-0.15, -0.1) is 5.10 Å². The van der Waals surface area contributed by atoms with E-state index in [0.29, 0.717) is 5.69 Å². The van der Waals surface area contributed by atoms with Gasteiger partial charge >= 0.3 is 5.82 Å². The van der Waals surface area contributed by atoms with Gasteiger partial charge < -0.3 is 15.3 Å². The summed E-state index contributed by atoms with van der Waals surface area (Å²) in [6.07, 6.45) is 0. The van der Waals surface area contributed by atoms with Crippen molar-refractivity contribution >= 4 is 5.82 Å². The maximum Gasteiger partial charge on any atom is 0.342 e. The molecular weight excluding hydrogens is 152 g/mol. The Bertz CT molecular complexity index is 258. The number of rotatable bonds is 3. The van der Waals surface area contributed by atoms with Crippen molar-refractivity contribution in [2.24, 2.45) is 0 Å².